The topological polar surface area (TPSA) is 15.7 Å². The Morgan fingerprint density at radius 2 is 0.659 bits per heavy atom. The summed E-state index contributed by atoms with van der Waals surface area (Å²) in [6.07, 6.45) is 0. The summed E-state index contributed by atoms with van der Waals surface area (Å²) in [7, 11) is 0. The molecule has 1 unspecified atom stereocenters. The van der Waals surface area contributed by atoms with Gasteiger partial charge in [-0.15, -0.1) is 0 Å². The molecule has 82 heavy (non-hydrogen) atoms. The maximum Gasteiger partial charge on any atom is 0.134 e. The van der Waals surface area contributed by atoms with Crippen molar-refractivity contribution < 1.29 is 4.74 Å². The second kappa shape index (κ2) is 18.0. The average molecular weight is 1050 g/mol. The van der Waals surface area contributed by atoms with Crippen molar-refractivity contribution in [2.24, 2.45) is 0 Å². The first-order chi connectivity index (χ1) is 40.2. The van der Waals surface area contributed by atoms with E-state index in [1.54, 1.807) is 0 Å². The fraction of sp³-hybridized carbons (Fsp3) is 0.0886. The number of ether oxygens (including phenoxy) is 1. The lowest BCUT2D eigenvalue weighted by atomic mass is 9.66. The molecular formula is C79H58N2O. The van der Waals surface area contributed by atoms with Crippen molar-refractivity contribution in [1.29, 1.82) is 0 Å². The van der Waals surface area contributed by atoms with Crippen LogP contribution in [0.2, 0.25) is 0 Å². The lowest BCUT2D eigenvalue weighted by Crippen LogP contribution is -2.32. The summed E-state index contributed by atoms with van der Waals surface area (Å²) >= 11 is 0. The molecule has 12 aromatic rings. The molecule has 3 nitrogen and oxygen atoms in total. The summed E-state index contributed by atoms with van der Waals surface area (Å²) in [4.78, 5) is 4.92. The third kappa shape index (κ3) is 6.96. The number of fused-ring (bicyclic) bond motifs is 15. The summed E-state index contributed by atoms with van der Waals surface area (Å²) in [6.45, 7) is 9.47. The number of benzene rings is 12. The summed E-state index contributed by atoms with van der Waals surface area (Å²) in [5, 5.41) is 0. The molecular weight excluding hydrogens is 993 g/mol. The fourth-order valence-electron chi connectivity index (χ4n) is 14.7. The van der Waals surface area contributed by atoms with Crippen molar-refractivity contribution in [2.45, 2.75) is 43.9 Å². The van der Waals surface area contributed by atoms with Gasteiger partial charge in [-0.05, 0) is 150 Å². The summed E-state index contributed by atoms with van der Waals surface area (Å²) in [6, 6.07) is 103. The number of hydrogen-bond acceptors (Lipinski definition) is 3. The molecule has 4 aliphatic rings. The largest absolute Gasteiger partial charge is 0.457 e. The van der Waals surface area contributed by atoms with Crippen molar-refractivity contribution in [3.8, 4) is 67.1 Å². The SMILES string of the molecule is CC1(C)c2ccccc2-c2ccc(N(c3ccc(-c4ccccc4)cc3)c3ccc4c(c3)Oc3ccccc3C43c4ccccc4-c4c(N(c5ccc(-c6ccccc6)cc5)c5ccc6c(c5)C(C)(C)c5ccccc5-6)cccc43)cc21. The minimum absolute atomic E-state index is 0.174. The first-order valence-corrected chi connectivity index (χ1v) is 28.7. The zero-order valence-corrected chi connectivity index (χ0v) is 46.4. The number of nitrogens with zero attached hydrogens (tertiary/aromatic N) is 2. The molecule has 0 amide bonds. The molecule has 1 heterocycles. The van der Waals surface area contributed by atoms with E-state index in [1.807, 2.05) is 0 Å². The molecule has 390 valence electrons. The lowest BCUT2D eigenvalue weighted by Gasteiger charge is -2.40. The minimum atomic E-state index is -0.722. The van der Waals surface area contributed by atoms with Gasteiger partial charge < -0.3 is 14.5 Å². The minimum Gasteiger partial charge on any atom is -0.457 e. The van der Waals surface area contributed by atoms with E-state index >= 15 is 0 Å². The zero-order chi connectivity index (χ0) is 54.9. The summed E-state index contributed by atoms with van der Waals surface area (Å²) in [5.74, 6) is 1.68. The van der Waals surface area contributed by atoms with Crippen LogP contribution in [0.25, 0.3) is 55.6 Å². The quantitative estimate of drug-likeness (QED) is 0.151. The highest BCUT2D eigenvalue weighted by Crippen LogP contribution is 2.65. The maximum atomic E-state index is 7.30. The molecule has 1 aliphatic heterocycles. The van der Waals surface area contributed by atoms with Gasteiger partial charge in [-0.25, -0.2) is 0 Å². The smallest absolute Gasteiger partial charge is 0.134 e. The van der Waals surface area contributed by atoms with E-state index in [2.05, 4.69) is 317 Å². The molecule has 1 spiro atoms. The van der Waals surface area contributed by atoms with Gasteiger partial charge in [0.05, 0.1) is 11.1 Å². The van der Waals surface area contributed by atoms with Gasteiger partial charge in [0, 0.05) is 62.0 Å². The Kier molecular flexibility index (Phi) is 10.5. The molecule has 0 N–H and O–H groups in total. The molecule has 0 bridgehead atoms. The zero-order valence-electron chi connectivity index (χ0n) is 46.4. The number of anilines is 6. The molecule has 1 atom stereocenters. The molecule has 0 saturated carbocycles. The third-order valence-electron chi connectivity index (χ3n) is 18.5. The van der Waals surface area contributed by atoms with Crippen LogP contribution in [0.1, 0.15) is 72.2 Å². The van der Waals surface area contributed by atoms with Gasteiger partial charge in [0.15, 0.2) is 0 Å². The van der Waals surface area contributed by atoms with Crippen molar-refractivity contribution in [2.75, 3.05) is 9.80 Å². The van der Waals surface area contributed by atoms with Crippen LogP contribution in [0.5, 0.6) is 11.5 Å². The standard InChI is InChI=1S/C79H58N2O/c1-77(2)65-27-14-11-24-60(65)62-45-42-57(48-71(62)77)80(55-38-34-53(35-39-55)51-20-7-5-8-21-51)59-44-47-69-75(50-59)82-74-33-18-17-30-68(74)79(69)67-29-16-13-26-64(67)76-70(79)31-19-32-73(76)81(56-40-36-54(37-41-56)52-22-9-6-10-23-52)58-43-46-63-61-25-12-15-28-66(61)78(3,4)72(63)49-58/h5-50H,1-4H3. The highest BCUT2D eigenvalue weighted by molar-refractivity contribution is 5.99. The molecule has 0 radical (unpaired) electrons. The van der Waals surface area contributed by atoms with E-state index in [-0.39, 0.29) is 10.8 Å². The Balaban J connectivity index is 0.895. The van der Waals surface area contributed by atoms with E-state index in [4.69, 9.17) is 4.74 Å². The summed E-state index contributed by atoms with van der Waals surface area (Å²) < 4.78 is 7.30. The monoisotopic (exact) mass is 1050 g/mol. The average Bonchev–Trinajstić information content (AvgIpc) is 2.10. The molecule has 0 saturated heterocycles. The van der Waals surface area contributed by atoms with Gasteiger partial charge in [-0.2, -0.15) is 0 Å². The van der Waals surface area contributed by atoms with Crippen LogP contribution in [0.4, 0.5) is 34.1 Å². The third-order valence-corrected chi connectivity index (χ3v) is 18.5. The number of rotatable bonds is 8. The Labute approximate surface area is 480 Å². The number of hydrogen-bond donors (Lipinski definition) is 0. The Hall–Kier alpha value is -9.96. The Morgan fingerprint density at radius 3 is 1.24 bits per heavy atom. The Morgan fingerprint density at radius 1 is 0.256 bits per heavy atom. The highest BCUT2D eigenvalue weighted by atomic mass is 16.5. The van der Waals surface area contributed by atoms with Crippen LogP contribution in [0.15, 0.2) is 279 Å². The first kappa shape index (κ1) is 48.0. The predicted molar refractivity (Wildman–Crippen MR) is 339 cm³/mol. The van der Waals surface area contributed by atoms with Gasteiger partial charge in [0.1, 0.15) is 11.5 Å². The van der Waals surface area contributed by atoms with Gasteiger partial charge in [0.2, 0.25) is 0 Å². The van der Waals surface area contributed by atoms with Crippen LogP contribution in [0.3, 0.4) is 0 Å². The van der Waals surface area contributed by atoms with E-state index < -0.39 is 5.41 Å². The van der Waals surface area contributed by atoms with Crippen molar-refractivity contribution in [1.82, 2.24) is 0 Å². The molecule has 3 heteroatoms. The molecule has 0 fully saturated rings. The first-order valence-electron chi connectivity index (χ1n) is 28.7. The van der Waals surface area contributed by atoms with E-state index in [0.29, 0.717) is 0 Å². The molecule has 12 aromatic carbocycles. The van der Waals surface area contributed by atoms with E-state index in [1.165, 1.54) is 89.0 Å². The van der Waals surface area contributed by atoms with Crippen LogP contribution in [-0.4, -0.2) is 0 Å². The van der Waals surface area contributed by atoms with Gasteiger partial charge in [-0.1, -0.05) is 234 Å². The van der Waals surface area contributed by atoms with Crippen LogP contribution >= 0.6 is 0 Å². The molecule has 16 rings (SSSR count). The second-order valence-corrected chi connectivity index (χ2v) is 23.6. The maximum absolute atomic E-state index is 7.30. The molecule has 0 aromatic heterocycles. The predicted octanol–water partition coefficient (Wildman–Crippen LogP) is 21.0. The highest BCUT2D eigenvalue weighted by Gasteiger charge is 2.52. The van der Waals surface area contributed by atoms with Gasteiger partial charge in [0.25, 0.3) is 0 Å². The van der Waals surface area contributed by atoms with Gasteiger partial charge in [-0.3, -0.25) is 0 Å². The fourth-order valence-corrected chi connectivity index (χ4v) is 14.7. The van der Waals surface area contributed by atoms with Crippen molar-refractivity contribution >= 4 is 34.1 Å². The van der Waals surface area contributed by atoms with Gasteiger partial charge >= 0.3 is 0 Å². The van der Waals surface area contributed by atoms with Crippen LogP contribution < -0.4 is 14.5 Å². The second-order valence-electron chi connectivity index (χ2n) is 23.6. The van der Waals surface area contributed by atoms with Crippen LogP contribution in [-0.2, 0) is 16.2 Å². The van der Waals surface area contributed by atoms with E-state index in [0.717, 1.165) is 56.8 Å². The van der Waals surface area contributed by atoms with Crippen molar-refractivity contribution in [3.63, 3.8) is 0 Å². The van der Waals surface area contributed by atoms with E-state index in [9.17, 15) is 0 Å². The Bertz CT molecular complexity index is 4540. The van der Waals surface area contributed by atoms with Crippen LogP contribution in [0, 0.1) is 0 Å². The normalized spacial score (nSPS) is 15.7. The number of para-hydroxylation sites is 1. The summed E-state index contributed by atoms with van der Waals surface area (Å²) in [5.41, 5.74) is 27.9. The molecule has 3 aliphatic carbocycles. The van der Waals surface area contributed by atoms with Crippen molar-refractivity contribution in [3.05, 3.63) is 324 Å². The lowest BCUT2D eigenvalue weighted by molar-refractivity contribution is 0.436.